The SMILES string of the molecule is CCCc1c(OC(C)=O)c(=O)n(C)c2cc3c(cc12)N(C)CN3C. The number of nitrogens with zero attached hydrogens (tertiary/aromatic N) is 3. The van der Waals surface area contributed by atoms with Crippen molar-refractivity contribution in [1.82, 2.24) is 4.57 Å². The van der Waals surface area contributed by atoms with Crippen molar-refractivity contribution < 1.29 is 9.53 Å². The summed E-state index contributed by atoms with van der Waals surface area (Å²) >= 11 is 0. The minimum Gasteiger partial charge on any atom is -0.420 e. The van der Waals surface area contributed by atoms with E-state index in [0.29, 0.717) is 6.42 Å². The molecular formula is C18H23N3O3. The Hall–Kier alpha value is -2.50. The Morgan fingerprint density at radius 1 is 1.17 bits per heavy atom. The fraction of sp³-hybridized carbons (Fsp3) is 0.444. The van der Waals surface area contributed by atoms with Gasteiger partial charge in [0, 0.05) is 39.0 Å². The molecule has 0 fully saturated rings. The normalized spacial score (nSPS) is 13.5. The molecule has 6 nitrogen and oxygen atoms in total. The van der Waals surface area contributed by atoms with Gasteiger partial charge >= 0.3 is 5.97 Å². The molecule has 2 heterocycles. The van der Waals surface area contributed by atoms with Crippen LogP contribution in [0.2, 0.25) is 0 Å². The number of fused-ring (bicyclic) bond motifs is 2. The molecule has 0 saturated carbocycles. The molecule has 6 heteroatoms. The summed E-state index contributed by atoms with van der Waals surface area (Å²) in [4.78, 5) is 28.5. The van der Waals surface area contributed by atoms with Crippen molar-refractivity contribution in [1.29, 1.82) is 0 Å². The average Bonchev–Trinajstić information content (AvgIpc) is 2.81. The molecule has 0 N–H and O–H groups in total. The van der Waals surface area contributed by atoms with Gasteiger partial charge in [0.2, 0.25) is 0 Å². The van der Waals surface area contributed by atoms with E-state index in [9.17, 15) is 9.59 Å². The van der Waals surface area contributed by atoms with E-state index in [1.807, 2.05) is 27.1 Å². The molecule has 0 amide bonds. The van der Waals surface area contributed by atoms with E-state index in [1.165, 1.54) is 6.92 Å². The summed E-state index contributed by atoms with van der Waals surface area (Å²) in [7, 11) is 5.80. The highest BCUT2D eigenvalue weighted by Crippen LogP contribution is 2.39. The maximum absolute atomic E-state index is 12.7. The van der Waals surface area contributed by atoms with Crippen LogP contribution in [-0.2, 0) is 18.3 Å². The molecule has 0 unspecified atom stereocenters. The van der Waals surface area contributed by atoms with E-state index >= 15 is 0 Å². The molecule has 1 aromatic carbocycles. The summed E-state index contributed by atoms with van der Waals surface area (Å²) in [5, 5.41) is 0.969. The lowest BCUT2D eigenvalue weighted by molar-refractivity contribution is -0.132. The highest BCUT2D eigenvalue weighted by molar-refractivity contribution is 5.95. The summed E-state index contributed by atoms with van der Waals surface area (Å²) < 4.78 is 6.86. The summed E-state index contributed by atoms with van der Waals surface area (Å²) in [5.41, 5.74) is 3.63. The molecule has 0 aliphatic carbocycles. The number of hydrogen-bond donors (Lipinski definition) is 0. The quantitative estimate of drug-likeness (QED) is 0.809. The Kier molecular flexibility index (Phi) is 3.99. The predicted molar refractivity (Wildman–Crippen MR) is 96.2 cm³/mol. The van der Waals surface area contributed by atoms with Crippen LogP contribution in [0.15, 0.2) is 16.9 Å². The number of ether oxygens (including phenoxy) is 1. The minimum absolute atomic E-state index is 0.160. The van der Waals surface area contributed by atoms with Gasteiger partial charge < -0.3 is 19.1 Å². The third kappa shape index (κ3) is 2.42. The van der Waals surface area contributed by atoms with Gasteiger partial charge in [-0.15, -0.1) is 0 Å². The van der Waals surface area contributed by atoms with Gasteiger partial charge in [-0.25, -0.2) is 0 Å². The first-order chi connectivity index (χ1) is 11.3. The number of pyridine rings is 1. The van der Waals surface area contributed by atoms with E-state index in [-0.39, 0.29) is 11.3 Å². The van der Waals surface area contributed by atoms with Crippen LogP contribution in [0, 0.1) is 0 Å². The summed E-state index contributed by atoms with van der Waals surface area (Å²) in [6.07, 6.45) is 1.55. The van der Waals surface area contributed by atoms with Crippen molar-refractivity contribution in [2.75, 3.05) is 30.6 Å². The Morgan fingerprint density at radius 2 is 1.79 bits per heavy atom. The molecule has 0 spiro atoms. The summed E-state index contributed by atoms with van der Waals surface area (Å²) in [6, 6.07) is 4.15. The zero-order valence-corrected chi connectivity index (χ0v) is 14.8. The van der Waals surface area contributed by atoms with E-state index in [1.54, 1.807) is 11.6 Å². The first kappa shape index (κ1) is 16.4. The van der Waals surface area contributed by atoms with Crippen molar-refractivity contribution in [3.63, 3.8) is 0 Å². The first-order valence-corrected chi connectivity index (χ1v) is 8.15. The maximum Gasteiger partial charge on any atom is 0.308 e. The van der Waals surface area contributed by atoms with Crippen molar-refractivity contribution in [3.8, 4) is 5.75 Å². The van der Waals surface area contributed by atoms with Crippen LogP contribution in [0.3, 0.4) is 0 Å². The van der Waals surface area contributed by atoms with Gasteiger partial charge in [0.25, 0.3) is 5.56 Å². The third-order valence-electron chi connectivity index (χ3n) is 4.54. The molecule has 1 aliphatic heterocycles. The van der Waals surface area contributed by atoms with Crippen molar-refractivity contribution in [2.45, 2.75) is 26.7 Å². The Labute approximate surface area is 141 Å². The second-order valence-electron chi connectivity index (χ2n) is 6.41. The van der Waals surface area contributed by atoms with Crippen LogP contribution < -0.4 is 20.1 Å². The van der Waals surface area contributed by atoms with Crippen LogP contribution in [-0.4, -0.2) is 31.3 Å². The van der Waals surface area contributed by atoms with Gasteiger partial charge in [-0.2, -0.15) is 0 Å². The van der Waals surface area contributed by atoms with E-state index in [0.717, 1.165) is 40.9 Å². The molecule has 0 saturated heterocycles. The van der Waals surface area contributed by atoms with Crippen LogP contribution in [0.4, 0.5) is 11.4 Å². The van der Waals surface area contributed by atoms with Crippen molar-refractivity contribution in [2.24, 2.45) is 7.05 Å². The lowest BCUT2D eigenvalue weighted by atomic mass is 10.0. The number of carbonyl (C=O) groups excluding carboxylic acids is 1. The largest absolute Gasteiger partial charge is 0.420 e. The molecule has 1 aromatic heterocycles. The number of carbonyl (C=O) groups is 1. The maximum atomic E-state index is 12.7. The van der Waals surface area contributed by atoms with Crippen LogP contribution >= 0.6 is 0 Å². The second-order valence-corrected chi connectivity index (χ2v) is 6.41. The standard InChI is InChI=1S/C18H23N3O3/c1-6-7-12-13-8-15-16(20(4)10-19(15)3)9-14(13)21(5)18(23)17(12)24-11(2)22/h8-9H,6-7,10H2,1-5H3. The molecule has 0 radical (unpaired) electrons. The smallest absolute Gasteiger partial charge is 0.308 e. The topological polar surface area (TPSA) is 54.8 Å². The predicted octanol–water partition coefficient (Wildman–Crippen LogP) is 2.26. The number of aryl methyl sites for hydroxylation is 2. The number of benzene rings is 1. The minimum atomic E-state index is -0.471. The van der Waals surface area contributed by atoms with Crippen LogP contribution in [0.5, 0.6) is 5.75 Å². The summed E-state index contributed by atoms with van der Waals surface area (Å²) in [6.45, 7) is 4.18. The van der Waals surface area contributed by atoms with Gasteiger partial charge in [0.05, 0.1) is 23.6 Å². The molecule has 0 bridgehead atoms. The number of anilines is 2. The average molecular weight is 329 g/mol. The summed E-state index contributed by atoms with van der Waals surface area (Å²) in [5.74, 6) is -0.310. The number of hydrogen-bond acceptors (Lipinski definition) is 5. The highest BCUT2D eigenvalue weighted by Gasteiger charge is 2.25. The number of rotatable bonds is 3. The third-order valence-corrected chi connectivity index (χ3v) is 4.54. The Bertz CT molecular complexity index is 885. The zero-order valence-electron chi connectivity index (χ0n) is 14.8. The molecule has 3 rings (SSSR count). The van der Waals surface area contributed by atoms with E-state index < -0.39 is 5.97 Å². The number of esters is 1. The Morgan fingerprint density at radius 3 is 2.38 bits per heavy atom. The van der Waals surface area contributed by atoms with Gasteiger partial charge in [-0.1, -0.05) is 13.3 Å². The fourth-order valence-corrected chi connectivity index (χ4v) is 3.43. The van der Waals surface area contributed by atoms with E-state index in [2.05, 4.69) is 15.9 Å². The van der Waals surface area contributed by atoms with Gasteiger partial charge in [0.15, 0.2) is 5.75 Å². The van der Waals surface area contributed by atoms with Crippen LogP contribution in [0.25, 0.3) is 10.9 Å². The van der Waals surface area contributed by atoms with E-state index in [4.69, 9.17) is 4.74 Å². The highest BCUT2D eigenvalue weighted by atomic mass is 16.5. The molecule has 24 heavy (non-hydrogen) atoms. The number of aromatic nitrogens is 1. The molecule has 0 atom stereocenters. The molecular weight excluding hydrogens is 306 g/mol. The lowest BCUT2D eigenvalue weighted by Gasteiger charge is -2.17. The second kappa shape index (κ2) is 5.85. The van der Waals surface area contributed by atoms with Gasteiger partial charge in [-0.05, 0) is 18.6 Å². The monoisotopic (exact) mass is 329 g/mol. The molecule has 2 aromatic rings. The van der Waals surface area contributed by atoms with Crippen molar-refractivity contribution >= 4 is 28.2 Å². The fourth-order valence-electron chi connectivity index (χ4n) is 3.43. The molecule has 1 aliphatic rings. The van der Waals surface area contributed by atoms with Gasteiger partial charge in [0.1, 0.15) is 0 Å². The first-order valence-electron chi connectivity index (χ1n) is 8.15. The molecule has 128 valence electrons. The zero-order chi connectivity index (χ0) is 17.6. The van der Waals surface area contributed by atoms with Crippen molar-refractivity contribution in [3.05, 3.63) is 28.0 Å². The lowest BCUT2D eigenvalue weighted by Crippen LogP contribution is -2.24. The van der Waals surface area contributed by atoms with Crippen LogP contribution in [0.1, 0.15) is 25.8 Å². The van der Waals surface area contributed by atoms with Gasteiger partial charge in [-0.3, -0.25) is 9.59 Å². The Balaban J connectivity index is 2.39.